The van der Waals surface area contributed by atoms with Crippen LogP contribution in [0.5, 0.6) is 0 Å². The second kappa shape index (κ2) is 5.04. The van der Waals surface area contributed by atoms with E-state index in [-0.39, 0.29) is 16.8 Å². The summed E-state index contributed by atoms with van der Waals surface area (Å²) in [5.74, 6) is 3.63. The molecule has 0 saturated heterocycles. The van der Waals surface area contributed by atoms with E-state index in [4.69, 9.17) is 5.84 Å². The first-order valence-electron chi connectivity index (χ1n) is 6.13. The number of rotatable bonds is 4. The van der Waals surface area contributed by atoms with Gasteiger partial charge in [0.1, 0.15) is 5.56 Å². The van der Waals surface area contributed by atoms with Gasteiger partial charge >= 0.3 is 0 Å². The fraction of sp³-hybridized carbons (Fsp3) is 0.417. The van der Waals surface area contributed by atoms with Crippen LogP contribution in [0.4, 0.5) is 15.8 Å². The van der Waals surface area contributed by atoms with Gasteiger partial charge in [0.2, 0.25) is 0 Å². The molecule has 0 bridgehead atoms. The van der Waals surface area contributed by atoms with E-state index >= 15 is 0 Å². The molecular weight excluding hydrogens is 267 g/mol. The highest BCUT2D eigenvalue weighted by atomic mass is 19.1. The SMILES string of the molecule is CC1(NC(=O)c2cc(NN)c(F)cc2[N+](=O)[O-])CCC1. The summed E-state index contributed by atoms with van der Waals surface area (Å²) in [6.45, 7) is 1.87. The van der Waals surface area contributed by atoms with E-state index in [1.165, 1.54) is 0 Å². The number of carbonyl (C=O) groups is 1. The third-order valence-electron chi connectivity index (χ3n) is 3.55. The number of hydrogen-bond donors (Lipinski definition) is 3. The zero-order valence-corrected chi connectivity index (χ0v) is 10.9. The van der Waals surface area contributed by atoms with Crippen molar-refractivity contribution in [1.82, 2.24) is 5.32 Å². The highest BCUT2D eigenvalue weighted by Gasteiger charge is 2.35. The Morgan fingerprint density at radius 3 is 2.60 bits per heavy atom. The normalized spacial score (nSPS) is 16.1. The van der Waals surface area contributed by atoms with Gasteiger partial charge in [-0.25, -0.2) is 4.39 Å². The molecule has 0 heterocycles. The standard InChI is InChI=1S/C12H15FN4O3/c1-12(3-2-4-12)15-11(18)7-5-9(16-14)8(13)6-10(7)17(19)20/h5-6,16H,2-4,14H2,1H3,(H,15,18). The molecule has 1 aliphatic carbocycles. The Morgan fingerprint density at radius 1 is 1.50 bits per heavy atom. The van der Waals surface area contributed by atoms with Gasteiger partial charge in [-0.3, -0.25) is 20.8 Å². The number of anilines is 1. The second-order valence-electron chi connectivity index (χ2n) is 5.12. The smallest absolute Gasteiger partial charge is 0.285 e. The lowest BCUT2D eigenvalue weighted by molar-refractivity contribution is -0.385. The van der Waals surface area contributed by atoms with Gasteiger partial charge in [0, 0.05) is 5.54 Å². The number of nitrogen functional groups attached to an aromatic ring is 1. The summed E-state index contributed by atoms with van der Waals surface area (Å²) in [6.07, 6.45) is 2.63. The first kappa shape index (κ1) is 14.2. The Balaban J connectivity index is 2.37. The van der Waals surface area contributed by atoms with Crippen molar-refractivity contribution in [3.05, 3.63) is 33.6 Å². The molecule has 7 nitrogen and oxygen atoms in total. The van der Waals surface area contributed by atoms with Crippen molar-refractivity contribution in [2.45, 2.75) is 31.7 Å². The van der Waals surface area contributed by atoms with Crippen molar-refractivity contribution in [2.24, 2.45) is 5.84 Å². The van der Waals surface area contributed by atoms with Crippen LogP contribution in [0.1, 0.15) is 36.5 Å². The summed E-state index contributed by atoms with van der Waals surface area (Å²) in [5.41, 5.74) is 0.759. The summed E-state index contributed by atoms with van der Waals surface area (Å²) in [4.78, 5) is 22.3. The van der Waals surface area contributed by atoms with Gasteiger partial charge in [-0.2, -0.15) is 0 Å². The molecule has 1 amide bonds. The van der Waals surface area contributed by atoms with Gasteiger partial charge in [0.05, 0.1) is 16.7 Å². The maximum absolute atomic E-state index is 13.5. The number of nitro benzene ring substituents is 1. The molecule has 0 atom stereocenters. The van der Waals surface area contributed by atoms with Crippen LogP contribution in [0.3, 0.4) is 0 Å². The molecule has 1 fully saturated rings. The Hall–Kier alpha value is -2.22. The van der Waals surface area contributed by atoms with Crippen LogP contribution in [-0.4, -0.2) is 16.4 Å². The molecule has 20 heavy (non-hydrogen) atoms. The largest absolute Gasteiger partial charge is 0.347 e. The third-order valence-corrected chi connectivity index (χ3v) is 3.55. The molecule has 0 unspecified atom stereocenters. The van der Waals surface area contributed by atoms with E-state index < -0.39 is 22.3 Å². The predicted octanol–water partition coefficient (Wildman–Crippen LogP) is 1.69. The van der Waals surface area contributed by atoms with Gasteiger partial charge in [-0.15, -0.1) is 0 Å². The summed E-state index contributed by atoms with van der Waals surface area (Å²) in [6, 6.07) is 1.73. The Kier molecular flexibility index (Phi) is 3.58. The van der Waals surface area contributed by atoms with Crippen LogP contribution < -0.4 is 16.6 Å². The van der Waals surface area contributed by atoms with Crippen molar-refractivity contribution in [3.63, 3.8) is 0 Å². The Labute approximate surface area is 114 Å². The zero-order valence-electron chi connectivity index (χ0n) is 10.9. The topological polar surface area (TPSA) is 110 Å². The van der Waals surface area contributed by atoms with Crippen LogP contribution in [0, 0.1) is 15.9 Å². The molecule has 4 N–H and O–H groups in total. The molecule has 108 valence electrons. The van der Waals surface area contributed by atoms with Crippen LogP contribution in [-0.2, 0) is 0 Å². The summed E-state index contributed by atoms with van der Waals surface area (Å²) < 4.78 is 13.5. The number of hydrogen-bond acceptors (Lipinski definition) is 5. The fourth-order valence-corrected chi connectivity index (χ4v) is 2.18. The minimum Gasteiger partial charge on any atom is -0.347 e. The van der Waals surface area contributed by atoms with Crippen molar-refractivity contribution >= 4 is 17.3 Å². The highest BCUT2D eigenvalue weighted by Crippen LogP contribution is 2.32. The lowest BCUT2D eigenvalue weighted by Crippen LogP contribution is -2.51. The number of nitrogens with one attached hydrogen (secondary N) is 2. The average molecular weight is 282 g/mol. The van der Waals surface area contributed by atoms with Gasteiger partial charge in [0.25, 0.3) is 11.6 Å². The van der Waals surface area contributed by atoms with Gasteiger partial charge < -0.3 is 10.7 Å². The Bertz CT molecular complexity index is 572. The van der Waals surface area contributed by atoms with Gasteiger partial charge in [-0.05, 0) is 32.3 Å². The predicted molar refractivity (Wildman–Crippen MR) is 70.6 cm³/mol. The van der Waals surface area contributed by atoms with E-state index in [0.29, 0.717) is 6.07 Å². The van der Waals surface area contributed by atoms with E-state index in [9.17, 15) is 19.3 Å². The van der Waals surface area contributed by atoms with Crippen LogP contribution in [0.25, 0.3) is 0 Å². The fourth-order valence-electron chi connectivity index (χ4n) is 2.18. The monoisotopic (exact) mass is 282 g/mol. The number of hydrazine groups is 1. The lowest BCUT2D eigenvalue weighted by Gasteiger charge is -2.39. The minimum atomic E-state index is -0.884. The van der Waals surface area contributed by atoms with Crippen LogP contribution in [0.15, 0.2) is 12.1 Å². The number of nitrogens with two attached hydrogens (primary N) is 1. The van der Waals surface area contributed by atoms with Crippen molar-refractivity contribution in [2.75, 3.05) is 5.43 Å². The number of halogens is 1. The molecule has 0 spiro atoms. The third kappa shape index (κ3) is 2.55. The molecule has 0 aromatic heterocycles. The first-order valence-corrected chi connectivity index (χ1v) is 6.13. The maximum Gasteiger partial charge on any atom is 0.285 e. The highest BCUT2D eigenvalue weighted by molar-refractivity contribution is 5.99. The number of amides is 1. The molecule has 2 rings (SSSR count). The average Bonchev–Trinajstić information content (AvgIpc) is 2.36. The molecule has 1 aromatic rings. The molecule has 1 aromatic carbocycles. The lowest BCUT2D eigenvalue weighted by atomic mass is 9.78. The first-order chi connectivity index (χ1) is 9.36. The van der Waals surface area contributed by atoms with Gasteiger partial charge in [-0.1, -0.05) is 0 Å². The van der Waals surface area contributed by atoms with Gasteiger partial charge in [0.15, 0.2) is 5.82 Å². The molecule has 0 aliphatic heterocycles. The van der Waals surface area contributed by atoms with E-state index in [2.05, 4.69) is 10.7 Å². The van der Waals surface area contributed by atoms with Crippen LogP contribution >= 0.6 is 0 Å². The quantitative estimate of drug-likeness (QED) is 0.442. The summed E-state index contributed by atoms with van der Waals surface area (Å²) >= 11 is 0. The van der Waals surface area contributed by atoms with Crippen molar-refractivity contribution < 1.29 is 14.1 Å². The van der Waals surface area contributed by atoms with E-state index in [1.807, 2.05) is 6.92 Å². The van der Waals surface area contributed by atoms with Crippen LogP contribution in [0.2, 0.25) is 0 Å². The van der Waals surface area contributed by atoms with E-state index in [1.54, 1.807) is 0 Å². The molecular formula is C12H15FN4O3. The molecule has 0 radical (unpaired) electrons. The number of benzene rings is 1. The second-order valence-corrected chi connectivity index (χ2v) is 5.12. The van der Waals surface area contributed by atoms with E-state index in [0.717, 1.165) is 25.3 Å². The number of carbonyl (C=O) groups excluding carboxylic acids is 1. The molecule has 1 aliphatic rings. The molecule has 1 saturated carbocycles. The zero-order chi connectivity index (χ0) is 14.9. The van der Waals surface area contributed by atoms with Crippen molar-refractivity contribution in [1.29, 1.82) is 0 Å². The number of nitrogens with zero attached hydrogens (tertiary/aromatic N) is 1. The summed E-state index contributed by atoms with van der Waals surface area (Å²) in [7, 11) is 0. The number of nitro groups is 1. The van der Waals surface area contributed by atoms with Crippen molar-refractivity contribution in [3.8, 4) is 0 Å². The maximum atomic E-state index is 13.5. The minimum absolute atomic E-state index is 0.167. The summed E-state index contributed by atoms with van der Waals surface area (Å²) in [5, 5.41) is 13.7. The molecule has 8 heteroatoms. The Morgan fingerprint density at radius 2 is 2.15 bits per heavy atom.